The van der Waals surface area contributed by atoms with Crippen molar-refractivity contribution in [2.45, 2.75) is 46.5 Å². The highest BCUT2D eigenvalue weighted by Crippen LogP contribution is 2.24. The fourth-order valence-corrected chi connectivity index (χ4v) is 5.16. The minimum absolute atomic E-state index is 0.226. The highest BCUT2D eigenvalue weighted by atomic mass is 32.2. The summed E-state index contributed by atoms with van der Waals surface area (Å²) in [5, 5.41) is 10.3. The number of aryl methyl sites for hydroxylation is 2. The summed E-state index contributed by atoms with van der Waals surface area (Å²) in [6.45, 7) is 6.91. The zero-order chi connectivity index (χ0) is 19.4. The molecule has 1 unspecified atom stereocenters. The van der Waals surface area contributed by atoms with Crippen LogP contribution >= 0.6 is 0 Å². The van der Waals surface area contributed by atoms with Crippen molar-refractivity contribution in [1.82, 2.24) is 24.5 Å². The highest BCUT2D eigenvalue weighted by Gasteiger charge is 2.28. The maximum absolute atomic E-state index is 12.4. The van der Waals surface area contributed by atoms with Crippen molar-refractivity contribution in [3.8, 4) is 0 Å². The van der Waals surface area contributed by atoms with E-state index in [2.05, 4.69) is 25.5 Å². The average Bonchev–Trinajstić information content (AvgIpc) is 2.99. The molecule has 148 valence electrons. The Morgan fingerprint density at radius 3 is 2.78 bits per heavy atom. The standard InChI is InChI=1S/C18H28N6O2S/c1-4-8-27(25,26)24-7-5-6-15(12-24)10-16-11-17(20-14(3)19-16)21-18-9-13(2)22-23-18/h9,11,15H,4-8,10,12H2,1-3H3,(H2,19,20,21,22,23). The van der Waals surface area contributed by atoms with E-state index in [1.165, 1.54) is 0 Å². The smallest absolute Gasteiger partial charge is 0.214 e. The molecular weight excluding hydrogens is 364 g/mol. The quantitative estimate of drug-likeness (QED) is 0.750. The van der Waals surface area contributed by atoms with E-state index in [0.717, 1.165) is 30.7 Å². The molecule has 1 atom stereocenters. The number of rotatable bonds is 7. The van der Waals surface area contributed by atoms with Gasteiger partial charge in [0.1, 0.15) is 11.6 Å². The number of hydrogen-bond acceptors (Lipinski definition) is 6. The van der Waals surface area contributed by atoms with Crippen LogP contribution < -0.4 is 5.32 Å². The number of nitrogens with one attached hydrogen (secondary N) is 2. The molecule has 9 heteroatoms. The number of anilines is 2. The van der Waals surface area contributed by atoms with E-state index >= 15 is 0 Å². The summed E-state index contributed by atoms with van der Waals surface area (Å²) in [4.78, 5) is 8.98. The number of piperidine rings is 1. The molecule has 27 heavy (non-hydrogen) atoms. The SMILES string of the molecule is CCCS(=O)(=O)N1CCCC(Cc2cc(Nc3cc(C)[nH]n3)nc(C)n2)C1. The van der Waals surface area contributed by atoms with Crippen LogP contribution in [-0.4, -0.2) is 51.7 Å². The molecule has 0 radical (unpaired) electrons. The summed E-state index contributed by atoms with van der Waals surface area (Å²) in [6, 6.07) is 3.84. The van der Waals surface area contributed by atoms with Gasteiger partial charge in [-0.2, -0.15) is 5.10 Å². The predicted molar refractivity (Wildman–Crippen MR) is 105 cm³/mol. The van der Waals surface area contributed by atoms with Crippen molar-refractivity contribution < 1.29 is 8.42 Å². The van der Waals surface area contributed by atoms with Gasteiger partial charge in [-0.3, -0.25) is 5.10 Å². The molecule has 0 bridgehead atoms. The van der Waals surface area contributed by atoms with Crippen LogP contribution in [0, 0.1) is 19.8 Å². The zero-order valence-corrected chi connectivity index (χ0v) is 17.0. The van der Waals surface area contributed by atoms with Gasteiger partial charge in [0.05, 0.1) is 5.75 Å². The van der Waals surface area contributed by atoms with Crippen LogP contribution in [-0.2, 0) is 16.4 Å². The Morgan fingerprint density at radius 2 is 2.07 bits per heavy atom. The molecule has 1 aliphatic rings. The molecule has 1 aliphatic heterocycles. The van der Waals surface area contributed by atoms with Gasteiger partial charge in [-0.05, 0) is 45.4 Å². The maximum Gasteiger partial charge on any atom is 0.214 e. The van der Waals surface area contributed by atoms with Crippen LogP contribution in [0.5, 0.6) is 0 Å². The Morgan fingerprint density at radius 1 is 1.26 bits per heavy atom. The van der Waals surface area contributed by atoms with Crippen LogP contribution in [0.4, 0.5) is 11.6 Å². The molecule has 0 spiro atoms. The van der Waals surface area contributed by atoms with E-state index in [1.54, 1.807) is 4.31 Å². The summed E-state index contributed by atoms with van der Waals surface area (Å²) in [5.74, 6) is 2.61. The second-order valence-electron chi connectivity index (χ2n) is 7.24. The zero-order valence-electron chi connectivity index (χ0n) is 16.2. The predicted octanol–water partition coefficient (Wildman–Crippen LogP) is 2.55. The van der Waals surface area contributed by atoms with E-state index in [-0.39, 0.29) is 11.7 Å². The lowest BCUT2D eigenvalue weighted by Gasteiger charge is -2.31. The molecule has 3 rings (SSSR count). The monoisotopic (exact) mass is 392 g/mol. The third-order valence-electron chi connectivity index (χ3n) is 4.69. The summed E-state index contributed by atoms with van der Waals surface area (Å²) in [6.07, 6.45) is 3.31. The lowest BCUT2D eigenvalue weighted by molar-refractivity contribution is 0.264. The molecule has 0 amide bonds. The Balaban J connectivity index is 1.69. The minimum Gasteiger partial charge on any atom is -0.323 e. The Labute approximate surface area is 160 Å². The number of aromatic amines is 1. The first kappa shape index (κ1) is 19.8. The van der Waals surface area contributed by atoms with Crippen LogP contribution in [0.15, 0.2) is 12.1 Å². The molecule has 0 aromatic carbocycles. The molecule has 2 aromatic heterocycles. The third-order valence-corrected chi connectivity index (χ3v) is 6.73. The molecule has 0 saturated carbocycles. The van der Waals surface area contributed by atoms with Gasteiger partial charge in [0.25, 0.3) is 0 Å². The van der Waals surface area contributed by atoms with Crippen LogP contribution in [0.25, 0.3) is 0 Å². The second-order valence-corrected chi connectivity index (χ2v) is 9.33. The largest absolute Gasteiger partial charge is 0.323 e. The second kappa shape index (κ2) is 8.35. The summed E-state index contributed by atoms with van der Waals surface area (Å²) in [5.41, 5.74) is 1.90. The fourth-order valence-electron chi connectivity index (χ4n) is 3.54. The van der Waals surface area contributed by atoms with E-state index in [9.17, 15) is 8.42 Å². The molecule has 3 heterocycles. The first-order valence-electron chi connectivity index (χ1n) is 9.47. The van der Waals surface area contributed by atoms with Crippen LogP contribution in [0.3, 0.4) is 0 Å². The Hall–Kier alpha value is -2.00. The maximum atomic E-state index is 12.4. The van der Waals surface area contributed by atoms with Crippen molar-refractivity contribution in [1.29, 1.82) is 0 Å². The Kier molecular flexibility index (Phi) is 6.11. The molecule has 1 saturated heterocycles. The summed E-state index contributed by atoms with van der Waals surface area (Å²) >= 11 is 0. The molecule has 8 nitrogen and oxygen atoms in total. The van der Waals surface area contributed by atoms with Gasteiger partial charge in [0, 0.05) is 36.6 Å². The van der Waals surface area contributed by atoms with Crippen LogP contribution in [0.1, 0.15) is 43.4 Å². The van der Waals surface area contributed by atoms with Gasteiger partial charge >= 0.3 is 0 Å². The minimum atomic E-state index is -3.14. The van der Waals surface area contributed by atoms with Gasteiger partial charge in [-0.1, -0.05) is 6.92 Å². The van der Waals surface area contributed by atoms with E-state index < -0.39 is 10.0 Å². The van der Waals surface area contributed by atoms with Crippen molar-refractivity contribution in [3.05, 3.63) is 29.3 Å². The number of sulfonamides is 1. The van der Waals surface area contributed by atoms with Crippen molar-refractivity contribution in [2.75, 3.05) is 24.2 Å². The van der Waals surface area contributed by atoms with E-state index in [0.29, 0.717) is 37.0 Å². The lowest BCUT2D eigenvalue weighted by atomic mass is 9.94. The number of hydrogen-bond donors (Lipinski definition) is 2. The number of aromatic nitrogens is 4. The van der Waals surface area contributed by atoms with Gasteiger partial charge in [0.15, 0.2) is 5.82 Å². The fraction of sp³-hybridized carbons (Fsp3) is 0.611. The molecule has 2 N–H and O–H groups in total. The molecule has 1 fully saturated rings. The first-order chi connectivity index (χ1) is 12.9. The van der Waals surface area contributed by atoms with Crippen molar-refractivity contribution >= 4 is 21.7 Å². The Bertz CT molecular complexity index is 880. The van der Waals surface area contributed by atoms with Gasteiger partial charge in [-0.25, -0.2) is 22.7 Å². The summed E-state index contributed by atoms with van der Waals surface area (Å²) in [7, 11) is -3.14. The lowest BCUT2D eigenvalue weighted by Crippen LogP contribution is -2.41. The molecule has 0 aliphatic carbocycles. The van der Waals surface area contributed by atoms with Gasteiger partial charge < -0.3 is 5.32 Å². The van der Waals surface area contributed by atoms with E-state index in [1.807, 2.05) is 32.9 Å². The number of nitrogens with zero attached hydrogens (tertiary/aromatic N) is 4. The van der Waals surface area contributed by atoms with Crippen LogP contribution in [0.2, 0.25) is 0 Å². The van der Waals surface area contributed by atoms with E-state index in [4.69, 9.17) is 0 Å². The number of H-pyrrole nitrogens is 1. The average molecular weight is 393 g/mol. The highest BCUT2D eigenvalue weighted by molar-refractivity contribution is 7.89. The van der Waals surface area contributed by atoms with Crippen molar-refractivity contribution in [3.63, 3.8) is 0 Å². The van der Waals surface area contributed by atoms with Gasteiger partial charge in [0.2, 0.25) is 10.0 Å². The molecule has 2 aromatic rings. The van der Waals surface area contributed by atoms with Gasteiger partial charge in [-0.15, -0.1) is 0 Å². The molecular formula is C18H28N6O2S. The van der Waals surface area contributed by atoms with Crippen molar-refractivity contribution in [2.24, 2.45) is 5.92 Å². The topological polar surface area (TPSA) is 104 Å². The third kappa shape index (κ3) is 5.26. The normalized spacial score (nSPS) is 18.6. The first-order valence-corrected chi connectivity index (χ1v) is 11.1. The summed E-state index contributed by atoms with van der Waals surface area (Å²) < 4.78 is 26.4.